The first-order chi connectivity index (χ1) is 7.93. The highest BCUT2D eigenvalue weighted by atomic mass is 15.4. The van der Waals surface area contributed by atoms with Crippen LogP contribution >= 0.6 is 0 Å². The quantitative estimate of drug-likeness (QED) is 0.761. The van der Waals surface area contributed by atoms with Crippen molar-refractivity contribution in [1.29, 1.82) is 0 Å². The fraction of sp³-hybridized carbons (Fsp3) is 0.0769. The van der Waals surface area contributed by atoms with Crippen LogP contribution in [0.3, 0.4) is 0 Å². The number of benzene rings is 1. The third kappa shape index (κ3) is 1.56. The summed E-state index contributed by atoms with van der Waals surface area (Å²) in [7, 11) is 0. The van der Waals surface area contributed by atoms with Crippen LogP contribution in [0.4, 0.5) is 0 Å². The van der Waals surface area contributed by atoms with Crippen molar-refractivity contribution in [1.82, 2.24) is 15.0 Å². The zero-order valence-corrected chi connectivity index (χ0v) is 8.74. The number of hydrogen-bond donors (Lipinski definition) is 0. The Morgan fingerprint density at radius 3 is 2.75 bits per heavy atom. The molecule has 1 aromatic carbocycles. The minimum absolute atomic E-state index is 0.911. The van der Waals surface area contributed by atoms with Gasteiger partial charge in [0.25, 0.3) is 0 Å². The van der Waals surface area contributed by atoms with Crippen LogP contribution in [0, 0.1) is 0 Å². The number of hydrogen-bond acceptors (Lipinski definition) is 2. The zero-order valence-electron chi connectivity index (χ0n) is 8.74. The summed E-state index contributed by atoms with van der Waals surface area (Å²) in [6.07, 6.45) is 9.10. The first-order valence-corrected chi connectivity index (χ1v) is 5.27. The highest BCUT2D eigenvalue weighted by molar-refractivity contribution is 5.60. The van der Waals surface area contributed by atoms with Gasteiger partial charge in [0.05, 0.1) is 6.20 Å². The maximum absolute atomic E-state index is 4.18. The van der Waals surface area contributed by atoms with E-state index in [9.17, 15) is 0 Å². The van der Waals surface area contributed by atoms with E-state index < -0.39 is 0 Å². The third-order valence-electron chi connectivity index (χ3n) is 2.61. The first-order valence-electron chi connectivity index (χ1n) is 5.27. The molecule has 0 bridgehead atoms. The van der Waals surface area contributed by atoms with Gasteiger partial charge >= 0.3 is 0 Å². The van der Waals surface area contributed by atoms with Crippen LogP contribution in [0.5, 0.6) is 0 Å². The second-order valence-electron chi connectivity index (χ2n) is 3.70. The van der Waals surface area contributed by atoms with E-state index in [1.807, 2.05) is 47.3 Å². The SMILES string of the molecule is C1=CCC(n2cc(-c3ccccc3)nn2)=C1. The molecule has 0 amide bonds. The molecule has 0 atom stereocenters. The van der Waals surface area contributed by atoms with Gasteiger partial charge in [-0.1, -0.05) is 47.7 Å². The molecule has 3 heteroatoms. The monoisotopic (exact) mass is 209 g/mol. The molecule has 16 heavy (non-hydrogen) atoms. The predicted octanol–water partition coefficient (Wildman–Crippen LogP) is 2.75. The van der Waals surface area contributed by atoms with Gasteiger partial charge in [0, 0.05) is 17.7 Å². The van der Waals surface area contributed by atoms with Crippen LogP contribution < -0.4 is 0 Å². The third-order valence-corrected chi connectivity index (χ3v) is 2.61. The predicted molar refractivity (Wildman–Crippen MR) is 63.5 cm³/mol. The standard InChI is InChI=1S/C13H11N3/c1-2-6-11(7-3-1)13-10-16(15-14-13)12-8-4-5-9-12/h1-8,10H,9H2. The topological polar surface area (TPSA) is 30.7 Å². The molecule has 0 N–H and O–H groups in total. The Hall–Kier alpha value is -2.16. The van der Waals surface area contributed by atoms with Gasteiger partial charge in [-0.05, 0) is 6.08 Å². The number of rotatable bonds is 2. The van der Waals surface area contributed by atoms with Crippen LogP contribution in [-0.4, -0.2) is 15.0 Å². The van der Waals surface area contributed by atoms with Gasteiger partial charge in [-0.2, -0.15) is 0 Å². The lowest BCUT2D eigenvalue weighted by Crippen LogP contribution is -1.94. The molecule has 0 saturated carbocycles. The van der Waals surface area contributed by atoms with E-state index in [0.29, 0.717) is 0 Å². The van der Waals surface area contributed by atoms with Gasteiger partial charge in [-0.15, -0.1) is 5.10 Å². The van der Waals surface area contributed by atoms with E-state index in [1.165, 1.54) is 0 Å². The molecule has 0 unspecified atom stereocenters. The Kier molecular flexibility index (Phi) is 2.14. The Labute approximate surface area is 93.7 Å². The van der Waals surface area contributed by atoms with Crippen molar-refractivity contribution >= 4 is 5.70 Å². The average molecular weight is 209 g/mol. The summed E-state index contributed by atoms with van der Waals surface area (Å²) in [6, 6.07) is 10.1. The summed E-state index contributed by atoms with van der Waals surface area (Å²) in [4.78, 5) is 0. The molecule has 3 nitrogen and oxygen atoms in total. The minimum atomic E-state index is 0.911. The van der Waals surface area contributed by atoms with Crippen molar-refractivity contribution in [3.05, 3.63) is 54.8 Å². The lowest BCUT2D eigenvalue weighted by Gasteiger charge is -1.97. The lowest BCUT2D eigenvalue weighted by molar-refractivity contribution is 0.808. The van der Waals surface area contributed by atoms with Gasteiger partial charge in [0.15, 0.2) is 0 Å². The second kappa shape index (κ2) is 3.77. The Morgan fingerprint density at radius 2 is 2.00 bits per heavy atom. The van der Waals surface area contributed by atoms with E-state index >= 15 is 0 Å². The summed E-state index contributed by atoms with van der Waals surface area (Å²) < 4.78 is 1.84. The molecule has 0 radical (unpaired) electrons. The van der Waals surface area contributed by atoms with Crippen molar-refractivity contribution < 1.29 is 0 Å². The van der Waals surface area contributed by atoms with Crippen molar-refractivity contribution in [3.63, 3.8) is 0 Å². The van der Waals surface area contributed by atoms with Crippen molar-refractivity contribution in [2.24, 2.45) is 0 Å². The number of nitrogens with zero attached hydrogens (tertiary/aromatic N) is 3. The summed E-state index contributed by atoms with van der Waals surface area (Å²) in [5.74, 6) is 0. The van der Waals surface area contributed by atoms with Crippen LogP contribution in [0.2, 0.25) is 0 Å². The minimum Gasteiger partial charge on any atom is -0.224 e. The summed E-state index contributed by atoms with van der Waals surface area (Å²) in [6.45, 7) is 0. The highest BCUT2D eigenvalue weighted by Crippen LogP contribution is 2.19. The molecule has 1 heterocycles. The molecule has 3 rings (SSSR count). The van der Waals surface area contributed by atoms with Gasteiger partial charge < -0.3 is 0 Å². The molecule has 78 valence electrons. The fourth-order valence-electron chi connectivity index (χ4n) is 1.75. The molecular formula is C13H11N3. The van der Waals surface area contributed by atoms with Gasteiger partial charge in [0.1, 0.15) is 5.69 Å². The molecule has 0 aliphatic heterocycles. The summed E-state index contributed by atoms with van der Waals surface area (Å²) in [5, 5.41) is 8.31. The van der Waals surface area contributed by atoms with E-state index in [1.54, 1.807) is 0 Å². The molecule has 0 saturated heterocycles. The van der Waals surface area contributed by atoms with Crippen molar-refractivity contribution in [2.45, 2.75) is 6.42 Å². The van der Waals surface area contributed by atoms with E-state index in [0.717, 1.165) is 23.4 Å². The van der Waals surface area contributed by atoms with Crippen LogP contribution in [0.1, 0.15) is 6.42 Å². The Bertz CT molecular complexity index is 550. The molecular weight excluding hydrogens is 198 g/mol. The molecule has 1 aromatic heterocycles. The molecule has 0 spiro atoms. The molecule has 1 aliphatic carbocycles. The Morgan fingerprint density at radius 1 is 1.12 bits per heavy atom. The number of aromatic nitrogens is 3. The van der Waals surface area contributed by atoms with Gasteiger partial charge in [0.2, 0.25) is 0 Å². The Balaban J connectivity index is 1.94. The summed E-state index contributed by atoms with van der Waals surface area (Å²) >= 11 is 0. The molecule has 0 fully saturated rings. The zero-order chi connectivity index (χ0) is 10.8. The van der Waals surface area contributed by atoms with E-state index in [2.05, 4.69) is 22.5 Å². The van der Waals surface area contributed by atoms with Crippen LogP contribution in [-0.2, 0) is 0 Å². The largest absolute Gasteiger partial charge is 0.224 e. The smallest absolute Gasteiger partial charge is 0.113 e. The first kappa shape index (κ1) is 9.09. The maximum atomic E-state index is 4.18. The number of allylic oxidation sites excluding steroid dienone is 4. The maximum Gasteiger partial charge on any atom is 0.113 e. The molecule has 1 aliphatic rings. The highest BCUT2D eigenvalue weighted by Gasteiger charge is 2.07. The van der Waals surface area contributed by atoms with Crippen molar-refractivity contribution in [2.75, 3.05) is 0 Å². The second-order valence-corrected chi connectivity index (χ2v) is 3.70. The fourth-order valence-corrected chi connectivity index (χ4v) is 1.75. The normalized spacial score (nSPS) is 14.1. The summed E-state index contributed by atoms with van der Waals surface area (Å²) in [5.41, 5.74) is 3.17. The lowest BCUT2D eigenvalue weighted by atomic mass is 10.2. The van der Waals surface area contributed by atoms with Gasteiger partial charge in [-0.25, -0.2) is 4.68 Å². The van der Waals surface area contributed by atoms with Crippen LogP contribution in [0.15, 0.2) is 54.8 Å². The van der Waals surface area contributed by atoms with E-state index in [-0.39, 0.29) is 0 Å². The van der Waals surface area contributed by atoms with Gasteiger partial charge in [-0.3, -0.25) is 0 Å². The average Bonchev–Trinajstić information content (AvgIpc) is 3.01. The van der Waals surface area contributed by atoms with Crippen molar-refractivity contribution in [3.8, 4) is 11.3 Å². The van der Waals surface area contributed by atoms with Crippen LogP contribution in [0.25, 0.3) is 17.0 Å². The molecule has 2 aromatic rings. The van der Waals surface area contributed by atoms with E-state index in [4.69, 9.17) is 0 Å².